The normalized spacial score (nSPS) is 13.8. The van der Waals surface area contributed by atoms with Gasteiger partial charge in [-0.05, 0) is 6.07 Å². The van der Waals surface area contributed by atoms with Gasteiger partial charge in [0.25, 0.3) is 0 Å². The fraction of sp³-hybridized carbons (Fsp3) is 0.364. The highest BCUT2D eigenvalue weighted by atomic mass is 16.3. The van der Waals surface area contributed by atoms with Gasteiger partial charge in [0.1, 0.15) is 12.2 Å². The molecule has 1 aromatic rings. The van der Waals surface area contributed by atoms with Crippen LogP contribution in [0.15, 0.2) is 18.5 Å². The van der Waals surface area contributed by atoms with Gasteiger partial charge < -0.3 is 15.5 Å². The summed E-state index contributed by atoms with van der Waals surface area (Å²) in [6.07, 6.45) is 0.957. The second kappa shape index (κ2) is 6.07. The van der Waals surface area contributed by atoms with Crippen molar-refractivity contribution in [2.45, 2.75) is 19.1 Å². The third-order valence-corrected chi connectivity index (χ3v) is 2.18. The Morgan fingerprint density at radius 1 is 1.53 bits per heavy atom. The largest absolute Gasteiger partial charge is 0.388 e. The molecule has 2 unspecified atom stereocenters. The number of nitrogens with one attached hydrogen (secondary N) is 1. The molecule has 0 aromatic carbocycles. The second-order valence-electron chi connectivity index (χ2n) is 3.62. The molecular weight excluding hydrogens is 224 g/mol. The van der Waals surface area contributed by atoms with Crippen LogP contribution in [0.4, 0.5) is 0 Å². The Hall–Kier alpha value is -1.79. The van der Waals surface area contributed by atoms with Crippen molar-refractivity contribution >= 4 is 12.2 Å². The fourth-order valence-corrected chi connectivity index (χ4v) is 1.28. The van der Waals surface area contributed by atoms with Crippen LogP contribution < -0.4 is 5.32 Å². The zero-order valence-corrected chi connectivity index (χ0v) is 9.33. The molecule has 0 bridgehead atoms. The lowest BCUT2D eigenvalue weighted by Crippen LogP contribution is -2.34. The average molecular weight is 238 g/mol. The summed E-state index contributed by atoms with van der Waals surface area (Å²) >= 11 is 0. The van der Waals surface area contributed by atoms with E-state index < -0.39 is 12.2 Å². The minimum atomic E-state index is -1.20. The fourth-order valence-electron chi connectivity index (χ4n) is 1.28. The van der Waals surface area contributed by atoms with Crippen LogP contribution in [0.1, 0.15) is 28.9 Å². The van der Waals surface area contributed by atoms with Crippen molar-refractivity contribution in [1.29, 1.82) is 0 Å². The lowest BCUT2D eigenvalue weighted by atomic mass is 10.1. The third-order valence-electron chi connectivity index (χ3n) is 2.18. The number of aromatic nitrogens is 1. The molecule has 0 saturated carbocycles. The van der Waals surface area contributed by atoms with E-state index in [1.165, 1.54) is 25.4 Å². The summed E-state index contributed by atoms with van der Waals surface area (Å²) in [5.74, 6) is -0.295. The molecule has 1 heterocycles. The number of carbonyl (C=O) groups is 2. The Morgan fingerprint density at radius 2 is 2.24 bits per heavy atom. The number of amides is 1. The van der Waals surface area contributed by atoms with Gasteiger partial charge in [0.05, 0.1) is 0 Å². The van der Waals surface area contributed by atoms with Crippen molar-refractivity contribution in [3.8, 4) is 0 Å². The minimum absolute atomic E-state index is 0.0676. The van der Waals surface area contributed by atoms with Crippen LogP contribution in [0, 0.1) is 0 Å². The van der Waals surface area contributed by atoms with Gasteiger partial charge in [-0.15, -0.1) is 0 Å². The Balaban J connectivity index is 2.70. The molecule has 6 nitrogen and oxygen atoms in total. The van der Waals surface area contributed by atoms with Crippen molar-refractivity contribution < 1.29 is 19.8 Å². The highest BCUT2D eigenvalue weighted by Gasteiger charge is 2.19. The van der Waals surface area contributed by atoms with Crippen LogP contribution in [0.3, 0.4) is 0 Å². The maximum absolute atomic E-state index is 10.6. The Labute approximate surface area is 98.3 Å². The number of aliphatic hydroxyl groups excluding tert-OH is 2. The van der Waals surface area contributed by atoms with Crippen molar-refractivity contribution in [2.24, 2.45) is 0 Å². The molecule has 2 atom stereocenters. The number of hydrogen-bond donors (Lipinski definition) is 3. The highest BCUT2D eigenvalue weighted by Crippen LogP contribution is 2.16. The van der Waals surface area contributed by atoms with Crippen molar-refractivity contribution in [3.05, 3.63) is 29.6 Å². The van der Waals surface area contributed by atoms with E-state index in [-0.39, 0.29) is 12.5 Å². The van der Waals surface area contributed by atoms with E-state index in [4.69, 9.17) is 0 Å². The van der Waals surface area contributed by atoms with E-state index in [1.54, 1.807) is 0 Å². The van der Waals surface area contributed by atoms with Gasteiger partial charge >= 0.3 is 0 Å². The van der Waals surface area contributed by atoms with Crippen LogP contribution in [0.5, 0.6) is 0 Å². The predicted molar refractivity (Wildman–Crippen MR) is 59.3 cm³/mol. The summed E-state index contributed by atoms with van der Waals surface area (Å²) in [5, 5.41) is 21.8. The van der Waals surface area contributed by atoms with E-state index >= 15 is 0 Å². The second-order valence-corrected chi connectivity index (χ2v) is 3.62. The minimum Gasteiger partial charge on any atom is -0.388 e. The Bertz CT molecular complexity index is 408. The van der Waals surface area contributed by atoms with Crippen molar-refractivity contribution in [3.63, 3.8) is 0 Å². The van der Waals surface area contributed by atoms with E-state index in [0.29, 0.717) is 17.4 Å². The van der Waals surface area contributed by atoms with Crippen LogP contribution >= 0.6 is 0 Å². The van der Waals surface area contributed by atoms with Gasteiger partial charge in [-0.1, -0.05) is 0 Å². The molecule has 17 heavy (non-hydrogen) atoms. The first kappa shape index (κ1) is 13.3. The van der Waals surface area contributed by atoms with Gasteiger partial charge in [0.15, 0.2) is 6.29 Å². The molecule has 6 heteroatoms. The SMILES string of the molecule is CC(=O)NCC(O)C(O)c1cncc(C=O)c1. The van der Waals surface area contributed by atoms with Crippen LogP contribution in [0.2, 0.25) is 0 Å². The summed E-state index contributed by atoms with van der Waals surface area (Å²) in [6.45, 7) is 1.25. The summed E-state index contributed by atoms with van der Waals surface area (Å²) < 4.78 is 0. The topological polar surface area (TPSA) is 99.5 Å². The lowest BCUT2D eigenvalue weighted by molar-refractivity contribution is -0.119. The Kier molecular flexibility index (Phi) is 4.74. The predicted octanol–water partition coefficient (Wildman–Crippen LogP) is -0.576. The summed E-state index contributed by atoms with van der Waals surface area (Å²) in [4.78, 5) is 24.9. The van der Waals surface area contributed by atoms with Gasteiger partial charge in [-0.3, -0.25) is 14.6 Å². The first-order chi connectivity index (χ1) is 8.04. The average Bonchev–Trinajstić information content (AvgIpc) is 2.35. The quantitative estimate of drug-likeness (QED) is 0.596. The molecule has 3 N–H and O–H groups in total. The maximum Gasteiger partial charge on any atom is 0.216 e. The van der Waals surface area contributed by atoms with Gasteiger partial charge in [-0.2, -0.15) is 0 Å². The number of hydrogen-bond acceptors (Lipinski definition) is 5. The maximum atomic E-state index is 10.6. The molecule has 92 valence electrons. The summed E-state index contributed by atoms with van der Waals surface area (Å²) in [5.41, 5.74) is 0.640. The van der Waals surface area contributed by atoms with E-state index in [9.17, 15) is 19.8 Å². The molecule has 0 fully saturated rings. The summed E-state index contributed by atoms with van der Waals surface area (Å²) in [6, 6.07) is 1.43. The summed E-state index contributed by atoms with van der Waals surface area (Å²) in [7, 11) is 0. The number of pyridine rings is 1. The van der Waals surface area contributed by atoms with Crippen LogP contribution in [0.25, 0.3) is 0 Å². The van der Waals surface area contributed by atoms with Crippen molar-refractivity contribution in [1.82, 2.24) is 10.3 Å². The number of carbonyl (C=O) groups excluding carboxylic acids is 2. The van der Waals surface area contributed by atoms with E-state index in [1.807, 2.05) is 0 Å². The first-order valence-electron chi connectivity index (χ1n) is 5.05. The van der Waals surface area contributed by atoms with E-state index in [0.717, 1.165) is 0 Å². The molecule has 0 saturated heterocycles. The molecule has 0 aliphatic carbocycles. The van der Waals surface area contributed by atoms with Crippen molar-refractivity contribution in [2.75, 3.05) is 6.54 Å². The van der Waals surface area contributed by atoms with Gasteiger partial charge in [-0.25, -0.2) is 0 Å². The zero-order valence-electron chi connectivity index (χ0n) is 9.33. The molecule has 0 aliphatic heterocycles. The number of nitrogens with zero attached hydrogens (tertiary/aromatic N) is 1. The molecule has 1 amide bonds. The monoisotopic (exact) mass is 238 g/mol. The smallest absolute Gasteiger partial charge is 0.216 e. The van der Waals surface area contributed by atoms with Crippen LogP contribution in [-0.4, -0.2) is 40.0 Å². The Morgan fingerprint density at radius 3 is 2.82 bits per heavy atom. The van der Waals surface area contributed by atoms with Crippen LogP contribution in [-0.2, 0) is 4.79 Å². The number of aldehydes is 1. The molecule has 0 spiro atoms. The molecule has 0 aliphatic rings. The number of rotatable bonds is 5. The lowest BCUT2D eigenvalue weighted by Gasteiger charge is -2.18. The molecule has 0 radical (unpaired) electrons. The highest BCUT2D eigenvalue weighted by molar-refractivity contribution is 5.74. The molecular formula is C11H14N2O4. The van der Waals surface area contributed by atoms with Gasteiger partial charge in [0.2, 0.25) is 5.91 Å². The zero-order chi connectivity index (χ0) is 12.8. The standard InChI is InChI=1S/C11H14N2O4/c1-7(15)13-5-10(16)11(17)9-2-8(6-14)3-12-4-9/h2-4,6,10-11,16-17H,5H2,1H3,(H,13,15). The third kappa shape index (κ3) is 3.93. The molecule has 1 aromatic heterocycles. The first-order valence-corrected chi connectivity index (χ1v) is 5.05. The van der Waals surface area contributed by atoms with Gasteiger partial charge in [0, 0.05) is 37.0 Å². The number of aliphatic hydroxyl groups is 2. The molecule has 1 rings (SSSR count). The van der Waals surface area contributed by atoms with E-state index in [2.05, 4.69) is 10.3 Å².